The first kappa shape index (κ1) is 27.6. The molecule has 0 saturated carbocycles. The van der Waals surface area contributed by atoms with Crippen LogP contribution in [0.2, 0.25) is 0 Å². The van der Waals surface area contributed by atoms with Crippen molar-refractivity contribution >= 4 is 32.4 Å². The van der Waals surface area contributed by atoms with Crippen LogP contribution in [0.4, 0.5) is 5.82 Å². The van der Waals surface area contributed by atoms with Crippen molar-refractivity contribution < 1.29 is 27.2 Å². The lowest BCUT2D eigenvalue weighted by Gasteiger charge is -2.25. The minimum Gasteiger partial charge on any atom is -0.497 e. The van der Waals surface area contributed by atoms with Crippen molar-refractivity contribution in [1.82, 2.24) is 5.16 Å². The Hall–Kier alpha value is -3.98. The minimum absolute atomic E-state index is 0.0516. The number of hydrogen-bond donors (Lipinski definition) is 0. The van der Waals surface area contributed by atoms with Gasteiger partial charge in [-0.15, -0.1) is 0 Å². The van der Waals surface area contributed by atoms with Gasteiger partial charge in [-0.2, -0.15) is 0 Å². The maximum Gasteiger partial charge on any atom is 0.269 e. The molecule has 40 heavy (non-hydrogen) atoms. The number of fused-ring (bicyclic) bond motifs is 1. The number of nitrogens with zero attached hydrogens (tertiary/aromatic N) is 2. The first-order chi connectivity index (χ1) is 19.4. The third-order valence-corrected chi connectivity index (χ3v) is 9.12. The second kappa shape index (κ2) is 11.6. The molecule has 0 atom stereocenters. The molecule has 5 rings (SSSR count). The summed E-state index contributed by atoms with van der Waals surface area (Å²) in [6.07, 6.45) is 7.02. The Labute approximate surface area is 235 Å². The second-order valence-electron chi connectivity index (χ2n) is 9.69. The fourth-order valence-electron chi connectivity index (χ4n) is 5.17. The number of benzene rings is 3. The summed E-state index contributed by atoms with van der Waals surface area (Å²) in [5.41, 5.74) is 4.15. The maximum atomic E-state index is 14.6. The van der Waals surface area contributed by atoms with E-state index in [4.69, 9.17) is 18.7 Å². The molecule has 1 aliphatic rings. The van der Waals surface area contributed by atoms with E-state index in [9.17, 15) is 8.42 Å². The third kappa shape index (κ3) is 5.13. The van der Waals surface area contributed by atoms with Crippen molar-refractivity contribution in [2.45, 2.75) is 50.5 Å². The smallest absolute Gasteiger partial charge is 0.269 e. The predicted molar refractivity (Wildman–Crippen MR) is 156 cm³/mol. The molecule has 1 aromatic heterocycles. The van der Waals surface area contributed by atoms with Crippen molar-refractivity contribution in [2.24, 2.45) is 0 Å². The molecule has 0 aliphatic heterocycles. The number of allylic oxidation sites excluding steroid dienone is 2. The lowest BCUT2D eigenvalue weighted by atomic mass is 9.92. The van der Waals surface area contributed by atoms with Crippen LogP contribution in [0.25, 0.3) is 16.5 Å². The van der Waals surface area contributed by atoms with E-state index in [1.165, 1.54) is 17.0 Å². The largest absolute Gasteiger partial charge is 0.497 e. The van der Waals surface area contributed by atoms with E-state index in [1.54, 1.807) is 44.6 Å². The summed E-state index contributed by atoms with van der Waals surface area (Å²) >= 11 is 0. The zero-order valence-electron chi connectivity index (χ0n) is 23.3. The molecule has 0 spiro atoms. The number of anilines is 1. The van der Waals surface area contributed by atoms with Crippen molar-refractivity contribution in [2.75, 3.05) is 25.6 Å². The predicted octanol–water partition coefficient (Wildman–Crippen LogP) is 6.77. The van der Waals surface area contributed by atoms with Gasteiger partial charge in [0.2, 0.25) is 0 Å². The lowest BCUT2D eigenvalue weighted by Crippen LogP contribution is -2.31. The number of sulfonamides is 1. The Morgan fingerprint density at radius 1 is 0.950 bits per heavy atom. The molecule has 3 aromatic carbocycles. The van der Waals surface area contributed by atoms with Crippen LogP contribution in [0.1, 0.15) is 49.3 Å². The van der Waals surface area contributed by atoms with E-state index >= 15 is 0 Å². The van der Waals surface area contributed by atoms with Gasteiger partial charge < -0.3 is 18.7 Å². The number of aromatic nitrogens is 1. The van der Waals surface area contributed by atoms with Crippen LogP contribution in [-0.4, -0.2) is 34.9 Å². The van der Waals surface area contributed by atoms with E-state index in [1.807, 2.05) is 31.2 Å². The zero-order valence-corrected chi connectivity index (χ0v) is 24.1. The standard InChI is InChI=1S/C31H34N2O6S/c1-5-21-14-17-26(37-3)29(18-21)40(34,35)33(20-23-15-16-24(36-2)19-28(23)38-4)31-30-25(22-10-7-6-8-11-22)12-9-13-27(30)39-32-31/h9-10,12-19H,5-8,11,20H2,1-4H3. The summed E-state index contributed by atoms with van der Waals surface area (Å²) in [6, 6.07) is 16.3. The Bertz CT molecular complexity index is 1660. The molecule has 0 bridgehead atoms. The van der Waals surface area contributed by atoms with Crippen LogP contribution in [0.15, 0.2) is 70.1 Å². The molecule has 0 unspecified atom stereocenters. The Kier molecular flexibility index (Phi) is 8.02. The van der Waals surface area contributed by atoms with E-state index in [2.05, 4.69) is 11.2 Å². The number of ether oxygens (including phenoxy) is 3. The molecular formula is C31H34N2O6S. The van der Waals surface area contributed by atoms with Crippen molar-refractivity contribution in [3.63, 3.8) is 0 Å². The second-order valence-corrected chi connectivity index (χ2v) is 11.5. The first-order valence-electron chi connectivity index (χ1n) is 13.4. The Balaban J connectivity index is 1.75. The fourth-order valence-corrected chi connectivity index (χ4v) is 6.77. The average Bonchev–Trinajstić information content (AvgIpc) is 3.43. The van der Waals surface area contributed by atoms with E-state index in [0.717, 1.165) is 36.8 Å². The summed E-state index contributed by atoms with van der Waals surface area (Å²) in [4.78, 5) is 0.0624. The van der Waals surface area contributed by atoms with Gasteiger partial charge in [-0.3, -0.25) is 0 Å². The molecule has 1 aliphatic carbocycles. The number of aryl methyl sites for hydroxylation is 1. The lowest BCUT2D eigenvalue weighted by molar-refractivity contribution is 0.391. The van der Waals surface area contributed by atoms with Gasteiger partial charge in [-0.25, -0.2) is 12.7 Å². The summed E-state index contributed by atoms with van der Waals surface area (Å²) in [7, 11) is 0.387. The van der Waals surface area contributed by atoms with E-state index in [-0.39, 0.29) is 23.0 Å². The molecule has 0 amide bonds. The number of rotatable bonds is 10. The fraction of sp³-hybridized carbons (Fsp3) is 0.323. The van der Waals surface area contributed by atoms with E-state index in [0.29, 0.717) is 34.5 Å². The van der Waals surface area contributed by atoms with Crippen LogP contribution < -0.4 is 18.5 Å². The SMILES string of the molecule is CCc1ccc(OC)c(S(=O)(=O)N(Cc2ccc(OC)cc2OC)c2noc3cccc(C4=CCCCC4)c23)c1. The molecule has 4 aromatic rings. The summed E-state index contributed by atoms with van der Waals surface area (Å²) < 4.78 is 52.8. The Morgan fingerprint density at radius 3 is 2.48 bits per heavy atom. The molecule has 1 heterocycles. The number of methoxy groups -OCH3 is 3. The van der Waals surface area contributed by atoms with E-state index < -0.39 is 10.0 Å². The third-order valence-electron chi connectivity index (χ3n) is 7.37. The monoisotopic (exact) mass is 562 g/mol. The quantitative estimate of drug-likeness (QED) is 0.211. The van der Waals surface area contributed by atoms with Gasteiger partial charge in [0, 0.05) is 11.6 Å². The highest BCUT2D eigenvalue weighted by Crippen LogP contribution is 2.41. The summed E-state index contributed by atoms with van der Waals surface area (Å²) in [5.74, 6) is 1.58. The summed E-state index contributed by atoms with van der Waals surface area (Å²) in [5, 5.41) is 5.03. The first-order valence-corrected chi connectivity index (χ1v) is 14.8. The van der Waals surface area contributed by atoms with Crippen LogP contribution >= 0.6 is 0 Å². The van der Waals surface area contributed by atoms with Crippen LogP contribution in [0, 0.1) is 0 Å². The average molecular weight is 563 g/mol. The number of hydrogen-bond acceptors (Lipinski definition) is 7. The zero-order chi connectivity index (χ0) is 28.3. The van der Waals surface area contributed by atoms with Gasteiger partial charge in [0.25, 0.3) is 10.0 Å². The van der Waals surface area contributed by atoms with Crippen LogP contribution in [0.5, 0.6) is 17.2 Å². The highest BCUT2D eigenvalue weighted by molar-refractivity contribution is 7.93. The molecular weight excluding hydrogens is 528 g/mol. The van der Waals surface area contributed by atoms with Gasteiger partial charge in [-0.05, 0) is 79.1 Å². The molecule has 9 heteroatoms. The Morgan fingerprint density at radius 2 is 1.77 bits per heavy atom. The van der Waals surface area contributed by atoms with Crippen molar-refractivity contribution in [1.29, 1.82) is 0 Å². The highest BCUT2D eigenvalue weighted by atomic mass is 32.2. The molecule has 0 radical (unpaired) electrons. The van der Waals surface area contributed by atoms with Gasteiger partial charge in [0.05, 0.1) is 33.3 Å². The van der Waals surface area contributed by atoms with Gasteiger partial charge in [-0.1, -0.05) is 36.4 Å². The highest BCUT2D eigenvalue weighted by Gasteiger charge is 2.34. The van der Waals surface area contributed by atoms with Crippen molar-refractivity contribution in [3.05, 3.63) is 77.4 Å². The molecule has 0 N–H and O–H groups in total. The topological polar surface area (TPSA) is 91.1 Å². The van der Waals surface area contributed by atoms with Crippen molar-refractivity contribution in [3.8, 4) is 17.2 Å². The van der Waals surface area contributed by atoms with Gasteiger partial charge >= 0.3 is 0 Å². The minimum atomic E-state index is -4.20. The summed E-state index contributed by atoms with van der Waals surface area (Å²) in [6.45, 7) is 1.93. The van der Waals surface area contributed by atoms with Gasteiger partial charge in [0.1, 0.15) is 22.1 Å². The normalized spacial score (nSPS) is 13.7. The van der Waals surface area contributed by atoms with Gasteiger partial charge in [0.15, 0.2) is 11.4 Å². The molecule has 8 nitrogen and oxygen atoms in total. The maximum absolute atomic E-state index is 14.6. The molecule has 210 valence electrons. The molecule has 0 saturated heterocycles. The van der Waals surface area contributed by atoms with Crippen LogP contribution in [0.3, 0.4) is 0 Å². The molecule has 0 fully saturated rings. The van der Waals surface area contributed by atoms with Crippen LogP contribution in [-0.2, 0) is 23.0 Å².